The number of unbranched alkanes of at least 4 members (excludes halogenated alkanes) is 1. The molecule has 0 bridgehead atoms. The van der Waals surface area contributed by atoms with E-state index in [1.807, 2.05) is 0 Å². The summed E-state index contributed by atoms with van der Waals surface area (Å²) in [5, 5.41) is 0. The molecule has 1 aromatic carbocycles. The molecule has 0 radical (unpaired) electrons. The average molecular weight is 174 g/mol. The first kappa shape index (κ1) is 8.36. The fourth-order valence-corrected chi connectivity index (χ4v) is 1.43. The van der Waals surface area contributed by atoms with Crippen LogP contribution in [0.25, 0.3) is 11.8 Å². The van der Waals surface area contributed by atoms with Gasteiger partial charge < -0.3 is 4.74 Å². The van der Waals surface area contributed by atoms with E-state index in [2.05, 4.69) is 37.3 Å². The quantitative estimate of drug-likeness (QED) is 0.636. The molecule has 0 atom stereocenters. The first-order valence-electron chi connectivity index (χ1n) is 4.85. The second-order valence-electron chi connectivity index (χ2n) is 3.30. The molecule has 1 heteroatoms. The molecule has 0 saturated heterocycles. The summed E-state index contributed by atoms with van der Waals surface area (Å²) >= 11 is 0. The molecular weight excluding hydrogens is 160 g/mol. The zero-order chi connectivity index (χ0) is 9.10. The van der Waals surface area contributed by atoms with Gasteiger partial charge in [-0.3, -0.25) is 0 Å². The van der Waals surface area contributed by atoms with E-state index in [0.29, 0.717) is 0 Å². The van der Waals surface area contributed by atoms with E-state index >= 15 is 0 Å². The molecule has 1 nitrogen and oxygen atoms in total. The van der Waals surface area contributed by atoms with Crippen LogP contribution in [0.5, 0.6) is 0 Å². The Kier molecular flexibility index (Phi) is 2.35. The Morgan fingerprint density at radius 3 is 2.85 bits per heavy atom. The number of rotatable bonds is 4. The fraction of sp³-hybridized carbons (Fsp3) is 0.333. The SMILES string of the molecule is CCCCOC1=Cc2ccccc21. The molecule has 1 aliphatic carbocycles. The van der Waals surface area contributed by atoms with Crippen molar-refractivity contribution in [2.24, 2.45) is 0 Å². The minimum atomic E-state index is 0.844. The van der Waals surface area contributed by atoms with Crippen molar-refractivity contribution < 1.29 is 4.74 Å². The Hall–Kier alpha value is -1.24. The Balaban J connectivity index is 1.92. The molecule has 0 heterocycles. The molecule has 0 fully saturated rings. The number of fused-ring (bicyclic) bond motifs is 1. The van der Waals surface area contributed by atoms with Crippen LogP contribution in [0.1, 0.15) is 30.9 Å². The normalized spacial score (nSPS) is 12.8. The highest BCUT2D eigenvalue weighted by atomic mass is 16.5. The number of hydrogen-bond donors (Lipinski definition) is 0. The molecule has 13 heavy (non-hydrogen) atoms. The van der Waals surface area contributed by atoms with E-state index in [9.17, 15) is 0 Å². The number of ether oxygens (including phenoxy) is 1. The van der Waals surface area contributed by atoms with Gasteiger partial charge in [-0.1, -0.05) is 37.6 Å². The first-order valence-corrected chi connectivity index (χ1v) is 4.85. The minimum Gasteiger partial charge on any atom is -0.493 e. The van der Waals surface area contributed by atoms with Crippen LogP contribution >= 0.6 is 0 Å². The number of benzene rings is 1. The second kappa shape index (κ2) is 3.65. The third kappa shape index (κ3) is 1.59. The van der Waals surface area contributed by atoms with Crippen molar-refractivity contribution >= 4 is 11.8 Å². The van der Waals surface area contributed by atoms with E-state index in [0.717, 1.165) is 18.8 Å². The van der Waals surface area contributed by atoms with Gasteiger partial charge in [0.05, 0.1) is 6.61 Å². The Bertz CT molecular complexity index is 326. The molecule has 0 amide bonds. The van der Waals surface area contributed by atoms with Crippen molar-refractivity contribution in [3.05, 3.63) is 35.4 Å². The van der Waals surface area contributed by atoms with Gasteiger partial charge in [-0.15, -0.1) is 0 Å². The Morgan fingerprint density at radius 1 is 1.23 bits per heavy atom. The van der Waals surface area contributed by atoms with Crippen LogP contribution in [-0.4, -0.2) is 6.61 Å². The summed E-state index contributed by atoms with van der Waals surface area (Å²) < 4.78 is 5.61. The largest absolute Gasteiger partial charge is 0.493 e. The molecule has 0 N–H and O–H groups in total. The van der Waals surface area contributed by atoms with Gasteiger partial charge in [0.2, 0.25) is 0 Å². The lowest BCUT2D eigenvalue weighted by atomic mass is 9.96. The Labute approximate surface area is 79.0 Å². The van der Waals surface area contributed by atoms with Gasteiger partial charge in [0.25, 0.3) is 0 Å². The highest BCUT2D eigenvalue weighted by molar-refractivity contribution is 5.91. The summed E-state index contributed by atoms with van der Waals surface area (Å²) in [6, 6.07) is 8.33. The first-order chi connectivity index (χ1) is 6.42. The lowest BCUT2D eigenvalue weighted by molar-refractivity contribution is 0.270. The lowest BCUT2D eigenvalue weighted by Crippen LogP contribution is -2.03. The van der Waals surface area contributed by atoms with Crippen molar-refractivity contribution in [3.63, 3.8) is 0 Å². The standard InChI is InChI=1S/C12H14O/c1-2-3-8-13-12-9-10-6-4-5-7-11(10)12/h4-7,9H,2-3,8H2,1H3. The highest BCUT2D eigenvalue weighted by Gasteiger charge is 2.15. The van der Waals surface area contributed by atoms with Crippen LogP contribution in [0.2, 0.25) is 0 Å². The van der Waals surface area contributed by atoms with E-state index in [4.69, 9.17) is 4.74 Å². The van der Waals surface area contributed by atoms with Crippen LogP contribution in [0.15, 0.2) is 24.3 Å². The van der Waals surface area contributed by atoms with Gasteiger partial charge in [-0.05, 0) is 18.1 Å². The highest BCUT2D eigenvalue weighted by Crippen LogP contribution is 2.32. The summed E-state index contributed by atoms with van der Waals surface area (Å²) in [4.78, 5) is 0. The van der Waals surface area contributed by atoms with Gasteiger partial charge in [0.15, 0.2) is 0 Å². The fourth-order valence-electron chi connectivity index (χ4n) is 1.43. The summed E-state index contributed by atoms with van der Waals surface area (Å²) in [5.41, 5.74) is 2.56. The van der Waals surface area contributed by atoms with Crippen molar-refractivity contribution in [2.45, 2.75) is 19.8 Å². The van der Waals surface area contributed by atoms with Crippen LogP contribution in [0.3, 0.4) is 0 Å². The summed E-state index contributed by atoms with van der Waals surface area (Å²) in [5.74, 6) is 1.06. The van der Waals surface area contributed by atoms with Crippen LogP contribution < -0.4 is 0 Å². The smallest absolute Gasteiger partial charge is 0.127 e. The van der Waals surface area contributed by atoms with Gasteiger partial charge in [0, 0.05) is 5.56 Å². The predicted molar refractivity (Wildman–Crippen MR) is 55.2 cm³/mol. The number of hydrogen-bond acceptors (Lipinski definition) is 1. The zero-order valence-corrected chi connectivity index (χ0v) is 7.92. The predicted octanol–water partition coefficient (Wildman–Crippen LogP) is 3.31. The van der Waals surface area contributed by atoms with Crippen molar-refractivity contribution in [1.82, 2.24) is 0 Å². The molecular formula is C12H14O. The maximum atomic E-state index is 5.61. The molecule has 0 unspecified atom stereocenters. The maximum absolute atomic E-state index is 5.61. The monoisotopic (exact) mass is 174 g/mol. The molecule has 0 spiro atoms. The van der Waals surface area contributed by atoms with Crippen molar-refractivity contribution in [1.29, 1.82) is 0 Å². The zero-order valence-electron chi connectivity index (χ0n) is 7.92. The second-order valence-corrected chi connectivity index (χ2v) is 3.30. The third-order valence-electron chi connectivity index (χ3n) is 2.27. The summed E-state index contributed by atoms with van der Waals surface area (Å²) in [6.07, 6.45) is 4.43. The third-order valence-corrected chi connectivity index (χ3v) is 2.27. The van der Waals surface area contributed by atoms with Crippen molar-refractivity contribution in [3.8, 4) is 0 Å². The van der Waals surface area contributed by atoms with Gasteiger partial charge >= 0.3 is 0 Å². The average Bonchev–Trinajstić information content (AvgIpc) is 2.13. The molecule has 0 aliphatic heterocycles. The van der Waals surface area contributed by atoms with Crippen LogP contribution in [0, 0.1) is 0 Å². The molecule has 0 saturated carbocycles. The van der Waals surface area contributed by atoms with Gasteiger partial charge in [0.1, 0.15) is 5.76 Å². The summed E-state index contributed by atoms with van der Waals surface area (Å²) in [6.45, 7) is 3.02. The Morgan fingerprint density at radius 2 is 2.08 bits per heavy atom. The topological polar surface area (TPSA) is 9.23 Å². The molecule has 1 aromatic rings. The van der Waals surface area contributed by atoms with E-state index in [1.165, 1.54) is 17.5 Å². The molecule has 2 rings (SSSR count). The van der Waals surface area contributed by atoms with Gasteiger partial charge in [-0.25, -0.2) is 0 Å². The van der Waals surface area contributed by atoms with E-state index < -0.39 is 0 Å². The maximum Gasteiger partial charge on any atom is 0.127 e. The molecule has 68 valence electrons. The summed E-state index contributed by atoms with van der Waals surface area (Å²) in [7, 11) is 0. The van der Waals surface area contributed by atoms with Crippen LogP contribution in [-0.2, 0) is 4.74 Å². The minimum absolute atomic E-state index is 0.844. The van der Waals surface area contributed by atoms with E-state index in [1.54, 1.807) is 0 Å². The van der Waals surface area contributed by atoms with Crippen LogP contribution in [0.4, 0.5) is 0 Å². The van der Waals surface area contributed by atoms with Gasteiger partial charge in [-0.2, -0.15) is 0 Å². The molecule has 0 aromatic heterocycles. The van der Waals surface area contributed by atoms with E-state index in [-0.39, 0.29) is 0 Å². The lowest BCUT2D eigenvalue weighted by Gasteiger charge is -2.19. The van der Waals surface area contributed by atoms with Crippen molar-refractivity contribution in [2.75, 3.05) is 6.61 Å². The molecule has 1 aliphatic rings.